The van der Waals surface area contributed by atoms with Gasteiger partial charge in [-0.3, -0.25) is 38.6 Å². The highest BCUT2D eigenvalue weighted by atomic mass is 32.2. The molecular weight excluding hydrogens is 1400 g/mol. The minimum atomic E-state index is -4.70. The van der Waals surface area contributed by atoms with Crippen molar-refractivity contribution >= 4 is 89.6 Å². The summed E-state index contributed by atoms with van der Waals surface area (Å²) >= 11 is 1.43. The van der Waals surface area contributed by atoms with Gasteiger partial charge in [0.25, 0.3) is 16.0 Å². The van der Waals surface area contributed by atoms with Gasteiger partial charge in [-0.1, -0.05) is 102 Å². The number of ether oxygens (including phenoxy) is 2. The number of likely N-dealkylation sites (N-methyl/N-ethyl adjacent to an activating group) is 1. The number of urea groups is 2. The number of primary amides is 1. The summed E-state index contributed by atoms with van der Waals surface area (Å²) in [6, 6.07) is 20.1. The third kappa shape index (κ3) is 19.3. The number of aromatic nitrogens is 4. The third-order valence-electron chi connectivity index (χ3n) is 21.1. The van der Waals surface area contributed by atoms with Gasteiger partial charge in [-0.2, -0.15) is 13.5 Å². The predicted octanol–water partition coefficient (Wildman–Crippen LogP) is 11.6. The fraction of sp³-hybridized carbons (Fsp3) is 0.456. The second-order valence-corrected chi connectivity index (χ2v) is 33.3. The molecule has 5 atom stereocenters. The first-order chi connectivity index (χ1) is 50.8. The van der Waals surface area contributed by atoms with Gasteiger partial charge in [0.15, 0.2) is 11.0 Å². The maximum Gasteiger partial charge on any atom is 0.328 e. The number of pyridine rings is 1. The fourth-order valence-electron chi connectivity index (χ4n) is 17.3. The molecule has 4 aliphatic carbocycles. The van der Waals surface area contributed by atoms with E-state index in [0.717, 1.165) is 109 Å². The number of aliphatic hydroxyl groups excluding tert-OH is 1. The Hall–Kier alpha value is -9.90. The van der Waals surface area contributed by atoms with Crippen molar-refractivity contribution in [3.8, 4) is 22.4 Å². The van der Waals surface area contributed by atoms with Crippen LogP contribution >= 0.6 is 11.3 Å². The number of aryl methyl sites for hydroxylation is 1. The molecule has 26 nitrogen and oxygen atoms in total. The molecule has 4 bridgehead atoms. The smallest absolute Gasteiger partial charge is 0.328 e. The molecule has 107 heavy (non-hydrogen) atoms. The van der Waals surface area contributed by atoms with Crippen LogP contribution in [0.15, 0.2) is 141 Å². The Kier molecular flexibility index (Phi) is 23.9. The topological polar surface area (TPSA) is 347 Å². The van der Waals surface area contributed by atoms with E-state index in [1.165, 1.54) is 22.3 Å². The lowest BCUT2D eigenvalue weighted by Crippen LogP contribution is -2.64. The first-order valence-electron chi connectivity index (χ1n) is 36.5. The Morgan fingerprint density at radius 1 is 0.841 bits per heavy atom. The molecule has 6 aliphatic rings. The molecular formula is C79H100N14O12S2. The lowest BCUT2D eigenvalue weighted by molar-refractivity contribution is -0.248. The number of thiazole rings is 1. The number of nitrogens with one attached hydrogen (secondary N) is 6. The van der Waals surface area contributed by atoms with Crippen LogP contribution in [0.25, 0.3) is 38.4 Å². The van der Waals surface area contributed by atoms with Crippen molar-refractivity contribution in [1.29, 1.82) is 0 Å². The number of aliphatic hydroxyl groups is 1. The number of para-hydroxylation sites is 1. The minimum Gasteiger partial charge on any atom is -0.506 e. The van der Waals surface area contributed by atoms with E-state index in [1.807, 2.05) is 81.6 Å². The van der Waals surface area contributed by atoms with Gasteiger partial charge in [-0.05, 0) is 179 Å². The molecule has 6 aromatic rings. The SMILES string of the molecule is C=C(CCCCCN1C(=C)C=CC1=O)N[C@H](C(=O)N[C@@H](CCCNC(N)=O)C(=O)Nc1ccc(COC(=C)N[C@@H](CS(=O)(=O)O)C(=O)N(C)CCOC23CC4(C)CC(C)(CC(Cn5ncc(-c6ccc(-c7ccc8c(c7)N(C(=O)Nc7nc9ccccc9s7)CCC8)nc6C(=C)O)c5C)(C4)C2)C3)cc1)C(C)C. The first kappa shape index (κ1) is 78.2. The van der Waals surface area contributed by atoms with E-state index in [1.54, 1.807) is 47.2 Å². The zero-order valence-corrected chi connectivity index (χ0v) is 63.6. The van der Waals surface area contributed by atoms with Crippen LogP contribution in [0.4, 0.5) is 26.1 Å². The standard InChI is InChI=1S/C79H100N14O12S2/c1-49(2)68(83-50(3)18-12-11-15-34-91-51(4)23-32-67(91)95)71(97)87-63(21-16-33-81-73(80)99)70(96)85-58-28-24-55(25-29-58)40-104-54(7)84-64(41-107(101,102)103)72(98)90(10)36-37-105-79-45-76(8)42-77(9,46-79)44-78(43-76,47-79)48-93-52(5)60(39-82-93)59-30-31-61(86-69(59)53(6)94)57-27-26-56-19-17-35-92(65(56)38-57)75(100)89-74-88-62-20-13-14-22-66(62)106-74/h13-14,20,22-32,38-39,49,63-64,68,83-84,94H,3-4,6-7,11-12,15-19,21,33-37,40-48H2,1-2,5,8-10H3,(H,85,96)(H,87,97)(H3,80,81,99)(H,88,89,100)(H,101,102,103)/t63-,64-,68-,76?,77?,78?,79?/m0/s1. The quantitative estimate of drug-likeness (QED) is 0.0101. The number of unbranched alkanes of at least 4 members (excludes halogenated alkanes) is 2. The average Bonchev–Trinajstić information content (AvgIpc) is 0.733. The maximum atomic E-state index is 14.2. The van der Waals surface area contributed by atoms with Gasteiger partial charge >= 0.3 is 12.1 Å². The van der Waals surface area contributed by atoms with Gasteiger partial charge in [0, 0.05) is 91.0 Å². The molecule has 3 aromatic carbocycles. The highest BCUT2D eigenvalue weighted by molar-refractivity contribution is 7.85. The van der Waals surface area contributed by atoms with Crippen LogP contribution in [0.1, 0.15) is 134 Å². The number of amides is 8. The van der Waals surface area contributed by atoms with E-state index in [-0.39, 0.29) is 78.5 Å². The number of hydrogen-bond acceptors (Lipinski definition) is 17. The summed E-state index contributed by atoms with van der Waals surface area (Å²) in [4.78, 5) is 93.7. The van der Waals surface area contributed by atoms with Crippen LogP contribution in [0.3, 0.4) is 0 Å². The Bertz CT molecular complexity index is 4500. The number of rotatable bonds is 35. The molecule has 2 aliphatic heterocycles. The number of fused-ring (bicyclic) bond motifs is 2. The second kappa shape index (κ2) is 32.7. The van der Waals surface area contributed by atoms with E-state index in [9.17, 15) is 46.8 Å². The zero-order chi connectivity index (χ0) is 76.8. The van der Waals surface area contributed by atoms with Gasteiger partial charge in [0.1, 0.15) is 41.9 Å². The van der Waals surface area contributed by atoms with E-state index >= 15 is 0 Å². The molecule has 3 aromatic heterocycles. The van der Waals surface area contributed by atoms with Crippen LogP contribution in [-0.2, 0) is 58.3 Å². The summed E-state index contributed by atoms with van der Waals surface area (Å²) in [7, 11) is -3.15. The molecule has 0 spiro atoms. The summed E-state index contributed by atoms with van der Waals surface area (Å²) < 4.78 is 50.9. The number of nitrogens with zero attached hydrogens (tertiary/aromatic N) is 7. The highest BCUT2D eigenvalue weighted by Crippen LogP contribution is 2.72. The van der Waals surface area contributed by atoms with Crippen LogP contribution in [-0.4, -0.2) is 153 Å². The Morgan fingerprint density at radius 3 is 2.28 bits per heavy atom. The Balaban J connectivity index is 0.676. The molecule has 570 valence electrons. The summed E-state index contributed by atoms with van der Waals surface area (Å²) in [5, 5.41) is 34.0. The molecule has 0 saturated heterocycles. The molecule has 12 rings (SSSR count). The molecule has 4 fully saturated rings. The number of nitrogens with two attached hydrogens (primary N) is 1. The number of anilines is 3. The van der Waals surface area contributed by atoms with Gasteiger partial charge in [-0.25, -0.2) is 19.6 Å². The number of benzene rings is 3. The van der Waals surface area contributed by atoms with E-state index in [2.05, 4.69) is 81.7 Å². The second-order valence-electron chi connectivity index (χ2n) is 30.8. The molecule has 8 amide bonds. The van der Waals surface area contributed by atoms with E-state index in [4.69, 9.17) is 25.3 Å². The van der Waals surface area contributed by atoms with Gasteiger partial charge in [0.2, 0.25) is 17.7 Å². The molecule has 5 heterocycles. The molecule has 4 saturated carbocycles. The number of hydrogen-bond donors (Lipinski definition) is 9. The summed E-state index contributed by atoms with van der Waals surface area (Å²) in [6.45, 7) is 28.4. The van der Waals surface area contributed by atoms with Crippen molar-refractivity contribution in [3.63, 3.8) is 0 Å². The van der Waals surface area contributed by atoms with Crippen molar-refractivity contribution in [2.75, 3.05) is 61.1 Å². The van der Waals surface area contributed by atoms with Crippen LogP contribution in [0, 0.1) is 29.1 Å². The Labute approximate surface area is 629 Å². The van der Waals surface area contributed by atoms with Crippen LogP contribution in [0.2, 0.25) is 0 Å². The monoisotopic (exact) mass is 1500 g/mol. The minimum absolute atomic E-state index is 0.0466. The third-order valence-corrected chi connectivity index (χ3v) is 22.8. The normalized spacial score (nSPS) is 20.8. The van der Waals surface area contributed by atoms with Gasteiger partial charge in [0.05, 0.1) is 34.3 Å². The van der Waals surface area contributed by atoms with Gasteiger partial charge < -0.3 is 56.7 Å². The van der Waals surface area contributed by atoms with Crippen molar-refractivity contribution < 1.29 is 56.3 Å². The first-order valence-corrected chi connectivity index (χ1v) is 39.0. The summed E-state index contributed by atoms with van der Waals surface area (Å²) in [6.07, 6.45) is 15.5. The number of carbonyl (C=O) groups is 6. The van der Waals surface area contributed by atoms with Gasteiger partial charge in [-0.15, -0.1) is 0 Å². The Morgan fingerprint density at radius 2 is 1.59 bits per heavy atom. The summed E-state index contributed by atoms with van der Waals surface area (Å²) in [5.74, 6) is -3.13. The van der Waals surface area contributed by atoms with E-state index < -0.39 is 63.4 Å². The lowest BCUT2D eigenvalue weighted by atomic mass is 9.39. The van der Waals surface area contributed by atoms with E-state index in [0.29, 0.717) is 77.2 Å². The van der Waals surface area contributed by atoms with Crippen LogP contribution < -0.4 is 42.5 Å². The fourth-order valence-corrected chi connectivity index (χ4v) is 18.8. The number of allylic oxidation sites excluding steroid dienone is 2. The largest absolute Gasteiger partial charge is 0.506 e. The van der Waals surface area contributed by atoms with Crippen molar-refractivity contribution in [2.45, 2.75) is 161 Å². The molecule has 28 heteroatoms. The van der Waals surface area contributed by atoms with Crippen molar-refractivity contribution in [3.05, 3.63) is 163 Å². The van der Waals surface area contributed by atoms with Crippen molar-refractivity contribution in [2.24, 2.45) is 27.9 Å². The molecule has 10 N–H and O–H groups in total. The molecule has 2 unspecified atom stereocenters. The molecule has 0 radical (unpaired) electrons. The summed E-state index contributed by atoms with van der Waals surface area (Å²) in [5.41, 5.74) is 13.5. The predicted molar refractivity (Wildman–Crippen MR) is 415 cm³/mol. The lowest BCUT2D eigenvalue weighted by Gasteiger charge is -2.69. The number of carbonyl (C=O) groups excluding carboxylic acids is 6. The highest BCUT2D eigenvalue weighted by Gasteiger charge is 2.66. The van der Waals surface area contributed by atoms with Crippen molar-refractivity contribution in [1.82, 2.24) is 50.8 Å². The average molecular weight is 1500 g/mol. The zero-order valence-electron chi connectivity index (χ0n) is 61.9. The maximum absolute atomic E-state index is 14.2. The van der Waals surface area contributed by atoms with Crippen LogP contribution in [0.5, 0.6) is 0 Å².